The summed E-state index contributed by atoms with van der Waals surface area (Å²) < 4.78 is 5.57. The summed E-state index contributed by atoms with van der Waals surface area (Å²) in [6.45, 7) is 3.95. The number of rotatable bonds is 5. The van der Waals surface area contributed by atoms with Crippen molar-refractivity contribution < 1.29 is 9.53 Å². The average molecular weight is 335 g/mol. The lowest BCUT2D eigenvalue weighted by molar-refractivity contribution is 0.104. The van der Waals surface area contributed by atoms with Gasteiger partial charge in [0.15, 0.2) is 5.78 Å². The molecule has 0 radical (unpaired) electrons. The number of hydrogen-bond acceptors (Lipinski definition) is 2. The lowest BCUT2D eigenvalue weighted by atomic mass is 10.1. The van der Waals surface area contributed by atoms with Gasteiger partial charge in [0.05, 0.1) is 16.1 Å². The maximum Gasteiger partial charge on any atom is 0.185 e. The van der Waals surface area contributed by atoms with Crippen LogP contribution in [0.15, 0.2) is 48.5 Å². The van der Waals surface area contributed by atoms with Crippen LogP contribution >= 0.6 is 23.2 Å². The molecule has 0 aliphatic rings. The van der Waals surface area contributed by atoms with Crippen LogP contribution in [0.1, 0.15) is 29.8 Å². The fourth-order valence-electron chi connectivity index (χ4n) is 1.85. The molecule has 4 heteroatoms. The molecule has 0 amide bonds. The van der Waals surface area contributed by atoms with Crippen molar-refractivity contribution in [2.45, 2.75) is 20.0 Å². The predicted octanol–water partition coefficient (Wildman–Crippen LogP) is 5.68. The van der Waals surface area contributed by atoms with Crippen molar-refractivity contribution >= 4 is 35.1 Å². The second-order valence-electron chi connectivity index (χ2n) is 5.06. The van der Waals surface area contributed by atoms with E-state index in [0.717, 1.165) is 11.3 Å². The number of ether oxygens (including phenoxy) is 1. The topological polar surface area (TPSA) is 26.3 Å². The highest BCUT2D eigenvalue weighted by Crippen LogP contribution is 2.23. The Balaban J connectivity index is 2.07. The van der Waals surface area contributed by atoms with Gasteiger partial charge in [0, 0.05) is 5.56 Å². The number of hydrogen-bond donors (Lipinski definition) is 0. The molecule has 0 bridgehead atoms. The van der Waals surface area contributed by atoms with Crippen molar-refractivity contribution in [2.75, 3.05) is 0 Å². The van der Waals surface area contributed by atoms with E-state index in [0.29, 0.717) is 15.6 Å². The average Bonchev–Trinajstić information content (AvgIpc) is 2.48. The number of ketones is 1. The van der Waals surface area contributed by atoms with Crippen LogP contribution in [0.25, 0.3) is 6.08 Å². The molecule has 0 heterocycles. The van der Waals surface area contributed by atoms with Crippen LogP contribution in [0.3, 0.4) is 0 Å². The summed E-state index contributed by atoms with van der Waals surface area (Å²) in [4.78, 5) is 12.1. The molecule has 0 aliphatic carbocycles. The van der Waals surface area contributed by atoms with E-state index in [9.17, 15) is 4.79 Å². The Morgan fingerprint density at radius 2 is 1.73 bits per heavy atom. The molecule has 0 saturated carbocycles. The Hall–Kier alpha value is -1.77. The van der Waals surface area contributed by atoms with Crippen molar-refractivity contribution in [1.82, 2.24) is 0 Å². The number of carbonyl (C=O) groups excluding carboxylic acids is 1. The van der Waals surface area contributed by atoms with Crippen LogP contribution in [0.4, 0.5) is 0 Å². The summed E-state index contributed by atoms with van der Waals surface area (Å²) in [6, 6.07) is 12.4. The van der Waals surface area contributed by atoms with Gasteiger partial charge in [-0.25, -0.2) is 0 Å². The van der Waals surface area contributed by atoms with Crippen molar-refractivity contribution in [3.63, 3.8) is 0 Å². The van der Waals surface area contributed by atoms with Gasteiger partial charge in [0.25, 0.3) is 0 Å². The molecule has 0 spiro atoms. The Kier molecular flexibility index (Phi) is 5.64. The number of allylic oxidation sites excluding steroid dienone is 1. The molecule has 0 N–H and O–H groups in total. The van der Waals surface area contributed by atoms with E-state index in [-0.39, 0.29) is 11.9 Å². The molecule has 0 fully saturated rings. The van der Waals surface area contributed by atoms with Crippen molar-refractivity contribution in [3.05, 3.63) is 69.7 Å². The predicted molar refractivity (Wildman–Crippen MR) is 92.0 cm³/mol. The third kappa shape index (κ3) is 4.62. The molecule has 2 rings (SSSR count). The normalized spacial score (nSPS) is 11.1. The van der Waals surface area contributed by atoms with Gasteiger partial charge >= 0.3 is 0 Å². The van der Waals surface area contributed by atoms with Crippen LogP contribution in [-0.4, -0.2) is 11.9 Å². The fraction of sp³-hybridized carbons (Fsp3) is 0.167. The molecule has 2 aromatic carbocycles. The van der Waals surface area contributed by atoms with Gasteiger partial charge in [-0.05, 0) is 55.8 Å². The first-order chi connectivity index (χ1) is 10.5. The molecule has 2 aromatic rings. The first-order valence-electron chi connectivity index (χ1n) is 6.90. The number of halogens is 2. The smallest absolute Gasteiger partial charge is 0.185 e. The standard InChI is InChI=1S/C18H16Cl2O2/c1-12(2)22-15-7-3-13(4-8-15)5-10-18(21)14-6-9-16(19)17(20)11-14/h3-12H,1-2H3/b10-5+. The molecule has 0 atom stereocenters. The Bertz CT molecular complexity index is 689. The van der Waals surface area contributed by atoms with E-state index in [1.54, 1.807) is 24.3 Å². The van der Waals surface area contributed by atoms with Crippen LogP contribution in [0.2, 0.25) is 10.0 Å². The summed E-state index contributed by atoms with van der Waals surface area (Å²) in [7, 11) is 0. The summed E-state index contributed by atoms with van der Waals surface area (Å²) in [5.74, 6) is 0.684. The monoisotopic (exact) mass is 334 g/mol. The van der Waals surface area contributed by atoms with E-state index in [1.165, 1.54) is 6.08 Å². The minimum atomic E-state index is -0.124. The largest absolute Gasteiger partial charge is 0.491 e. The van der Waals surface area contributed by atoms with Gasteiger partial charge in [-0.1, -0.05) is 41.4 Å². The first-order valence-corrected chi connectivity index (χ1v) is 7.65. The van der Waals surface area contributed by atoms with Crippen LogP contribution in [0.5, 0.6) is 5.75 Å². The molecule has 2 nitrogen and oxygen atoms in total. The minimum Gasteiger partial charge on any atom is -0.491 e. The zero-order valence-corrected chi connectivity index (χ0v) is 13.9. The summed E-state index contributed by atoms with van der Waals surface area (Å²) >= 11 is 11.7. The van der Waals surface area contributed by atoms with Crippen LogP contribution in [0, 0.1) is 0 Å². The van der Waals surface area contributed by atoms with Gasteiger partial charge < -0.3 is 4.74 Å². The fourth-order valence-corrected chi connectivity index (χ4v) is 2.15. The van der Waals surface area contributed by atoms with E-state index in [1.807, 2.05) is 38.1 Å². The first kappa shape index (κ1) is 16.6. The van der Waals surface area contributed by atoms with Crippen LogP contribution in [-0.2, 0) is 0 Å². The molecule has 22 heavy (non-hydrogen) atoms. The van der Waals surface area contributed by atoms with Gasteiger partial charge in [-0.2, -0.15) is 0 Å². The molecule has 114 valence electrons. The Morgan fingerprint density at radius 3 is 2.32 bits per heavy atom. The van der Waals surface area contributed by atoms with E-state index in [2.05, 4.69) is 0 Å². The zero-order valence-electron chi connectivity index (χ0n) is 12.3. The van der Waals surface area contributed by atoms with Gasteiger partial charge in [0.1, 0.15) is 5.75 Å². The third-order valence-electron chi connectivity index (χ3n) is 2.88. The molecule has 0 unspecified atom stereocenters. The third-order valence-corrected chi connectivity index (χ3v) is 3.62. The Morgan fingerprint density at radius 1 is 1.05 bits per heavy atom. The lowest BCUT2D eigenvalue weighted by Gasteiger charge is -2.09. The van der Waals surface area contributed by atoms with Crippen LogP contribution < -0.4 is 4.74 Å². The van der Waals surface area contributed by atoms with Crippen molar-refractivity contribution in [3.8, 4) is 5.75 Å². The summed E-state index contributed by atoms with van der Waals surface area (Å²) in [5, 5.41) is 0.805. The highest BCUT2D eigenvalue weighted by Gasteiger charge is 2.05. The maximum absolute atomic E-state index is 12.1. The van der Waals surface area contributed by atoms with E-state index >= 15 is 0 Å². The van der Waals surface area contributed by atoms with Gasteiger partial charge in [0.2, 0.25) is 0 Å². The van der Waals surface area contributed by atoms with E-state index in [4.69, 9.17) is 27.9 Å². The maximum atomic E-state index is 12.1. The number of benzene rings is 2. The number of carbonyl (C=O) groups is 1. The SMILES string of the molecule is CC(C)Oc1ccc(/C=C/C(=O)c2ccc(Cl)c(Cl)c2)cc1. The van der Waals surface area contributed by atoms with Gasteiger partial charge in [-0.3, -0.25) is 4.79 Å². The second-order valence-corrected chi connectivity index (χ2v) is 5.88. The molecule has 0 aromatic heterocycles. The molecular weight excluding hydrogens is 319 g/mol. The summed E-state index contributed by atoms with van der Waals surface area (Å²) in [5.41, 5.74) is 1.43. The van der Waals surface area contributed by atoms with Crippen molar-refractivity contribution in [2.24, 2.45) is 0 Å². The quantitative estimate of drug-likeness (QED) is 0.519. The Labute approximate surface area is 140 Å². The second kappa shape index (κ2) is 7.48. The summed E-state index contributed by atoms with van der Waals surface area (Å²) in [6.07, 6.45) is 3.40. The highest BCUT2D eigenvalue weighted by molar-refractivity contribution is 6.42. The zero-order chi connectivity index (χ0) is 16.1. The van der Waals surface area contributed by atoms with E-state index < -0.39 is 0 Å². The van der Waals surface area contributed by atoms with Gasteiger partial charge in [-0.15, -0.1) is 0 Å². The molecular formula is C18H16Cl2O2. The molecule has 0 aliphatic heterocycles. The lowest BCUT2D eigenvalue weighted by Crippen LogP contribution is -2.05. The highest BCUT2D eigenvalue weighted by atomic mass is 35.5. The molecule has 0 saturated heterocycles. The minimum absolute atomic E-state index is 0.124. The van der Waals surface area contributed by atoms with Crippen molar-refractivity contribution in [1.29, 1.82) is 0 Å².